The number of para-hydroxylation sites is 2. The molecule has 5 heterocycles. The summed E-state index contributed by atoms with van der Waals surface area (Å²) in [6, 6.07) is 57.2. The van der Waals surface area contributed by atoms with Crippen molar-refractivity contribution in [3.63, 3.8) is 0 Å². The third-order valence-corrected chi connectivity index (χ3v) is 21.7. The minimum atomic E-state index is 0.564. The van der Waals surface area contributed by atoms with Crippen LogP contribution >= 0.6 is 0 Å². The van der Waals surface area contributed by atoms with Gasteiger partial charge in [-0.3, -0.25) is 0 Å². The Morgan fingerprint density at radius 1 is 0.253 bits per heavy atom. The minimum absolute atomic E-state index is 0.564. The van der Waals surface area contributed by atoms with Gasteiger partial charge in [0.05, 0.1) is 22.1 Å². The van der Waals surface area contributed by atoms with E-state index in [0.717, 1.165) is 93.7 Å². The Bertz CT molecular complexity index is 5540. The van der Waals surface area contributed by atoms with E-state index >= 15 is 0 Å². The molecule has 0 aliphatic heterocycles. The molecule has 0 fully saturated rings. The number of rotatable bonds is 7. The maximum Gasteiger partial charge on any atom is 0.164 e. The summed E-state index contributed by atoms with van der Waals surface area (Å²) in [6.07, 6.45) is 0. The van der Waals surface area contributed by atoms with Crippen LogP contribution in [0.4, 0.5) is 0 Å². The lowest BCUT2D eigenvalue weighted by Crippen LogP contribution is -2.56. The molecular formula is C69H56B15N5O2. The van der Waals surface area contributed by atoms with Crippen molar-refractivity contribution in [3.8, 4) is 67.8 Å². The number of fused-ring (bicyclic) bond motifs is 12. The van der Waals surface area contributed by atoms with Crippen molar-refractivity contribution < 1.29 is 8.83 Å². The van der Waals surface area contributed by atoms with Gasteiger partial charge in [-0.05, 0) is 95.1 Å². The summed E-state index contributed by atoms with van der Waals surface area (Å²) in [6.45, 7) is 0. The third kappa shape index (κ3) is 8.32. The maximum absolute atomic E-state index is 6.79. The van der Waals surface area contributed by atoms with Crippen LogP contribution < -0.4 is 81.9 Å². The molecule has 91 heavy (non-hydrogen) atoms. The van der Waals surface area contributed by atoms with Crippen LogP contribution in [-0.2, 0) is 0 Å². The number of furan rings is 2. The van der Waals surface area contributed by atoms with Gasteiger partial charge in [0.25, 0.3) is 0 Å². The van der Waals surface area contributed by atoms with Gasteiger partial charge in [0.1, 0.15) is 140 Å². The van der Waals surface area contributed by atoms with Gasteiger partial charge in [-0.15, -0.1) is 27.3 Å². The summed E-state index contributed by atoms with van der Waals surface area (Å²) in [5.41, 5.74) is 37.0. The first kappa shape index (κ1) is 56.8. The molecule has 22 heteroatoms. The molecule has 16 rings (SSSR count). The van der Waals surface area contributed by atoms with Crippen LogP contribution in [0.3, 0.4) is 0 Å². The maximum atomic E-state index is 6.79. The van der Waals surface area contributed by atoms with Crippen LogP contribution in [0.1, 0.15) is 0 Å². The third-order valence-electron chi connectivity index (χ3n) is 21.7. The summed E-state index contributed by atoms with van der Waals surface area (Å²) in [7, 11) is 33.7. The molecule has 0 amide bonds. The Morgan fingerprint density at radius 2 is 0.571 bits per heavy atom. The average molecular weight is 1150 g/mol. The summed E-state index contributed by atoms with van der Waals surface area (Å²) in [4.78, 5) is 16.7. The lowest BCUT2D eigenvalue weighted by Gasteiger charge is -2.22. The predicted molar refractivity (Wildman–Crippen MR) is 433 cm³/mol. The fraction of sp³-hybridized carbons (Fsp3) is 0. The van der Waals surface area contributed by atoms with E-state index in [4.69, 9.17) is 23.8 Å². The van der Waals surface area contributed by atoms with Gasteiger partial charge in [0, 0.05) is 71.2 Å². The number of hydrogen-bond donors (Lipinski definition) is 0. The SMILES string of the molecule is Bc1c(B)c(B)c(-c2nc(-c3cccc4oc5ccc(-c6ccc7c(c6)c6ccccc6n7-c6c(B)c(B)c(B)c(B)c6B)cc5c34)nc(-c3cccc4oc5ccc(-c6ccc7c(c6)c6ccccc6n7-c6c(B)c(B)c(B)c(B)c6B)cc5c34)n2)c(B)c1B. The second kappa shape index (κ2) is 20.8. The Balaban J connectivity index is 0.870. The van der Waals surface area contributed by atoms with Gasteiger partial charge >= 0.3 is 0 Å². The van der Waals surface area contributed by atoms with Crippen molar-refractivity contribution in [1.82, 2.24) is 24.1 Å². The second-order valence-electron chi connectivity index (χ2n) is 25.9. The first-order valence-corrected chi connectivity index (χ1v) is 31.8. The summed E-state index contributed by atoms with van der Waals surface area (Å²) < 4.78 is 18.6. The number of aromatic nitrogens is 5. The molecule has 0 aliphatic rings. The van der Waals surface area contributed by atoms with E-state index in [2.05, 4.69) is 285 Å². The Hall–Kier alpha value is -9.40. The number of nitrogens with zero attached hydrogens (tertiary/aromatic N) is 5. The van der Waals surface area contributed by atoms with Gasteiger partial charge in [-0.25, -0.2) is 15.0 Å². The molecule has 7 nitrogen and oxygen atoms in total. The first-order valence-electron chi connectivity index (χ1n) is 31.8. The molecular weight excluding hydrogens is 1090 g/mol. The van der Waals surface area contributed by atoms with Crippen LogP contribution in [0.5, 0.6) is 0 Å². The first-order chi connectivity index (χ1) is 43.9. The molecule has 0 bridgehead atoms. The van der Waals surface area contributed by atoms with E-state index in [0.29, 0.717) is 17.5 Å². The monoisotopic (exact) mass is 1150 g/mol. The van der Waals surface area contributed by atoms with E-state index in [9.17, 15) is 0 Å². The van der Waals surface area contributed by atoms with Crippen molar-refractivity contribution in [3.05, 3.63) is 158 Å². The van der Waals surface area contributed by atoms with Gasteiger partial charge in [-0.2, -0.15) is 0 Å². The van der Waals surface area contributed by atoms with E-state index in [-0.39, 0.29) is 0 Å². The van der Waals surface area contributed by atoms with Crippen molar-refractivity contribution in [2.75, 3.05) is 0 Å². The van der Waals surface area contributed by atoms with Gasteiger partial charge in [0.2, 0.25) is 0 Å². The van der Waals surface area contributed by atoms with Crippen molar-refractivity contribution in [2.45, 2.75) is 0 Å². The van der Waals surface area contributed by atoms with Crippen molar-refractivity contribution in [1.29, 1.82) is 0 Å². The highest BCUT2D eigenvalue weighted by Crippen LogP contribution is 2.43. The molecule has 0 saturated heterocycles. The molecule has 5 aromatic heterocycles. The molecule has 16 aromatic rings. The summed E-state index contributed by atoms with van der Waals surface area (Å²) in [5.74, 6) is 1.75. The zero-order chi connectivity index (χ0) is 62.9. The topological polar surface area (TPSA) is 74.8 Å². The van der Waals surface area contributed by atoms with Crippen molar-refractivity contribution >= 4 is 287 Å². The normalized spacial score (nSPS) is 12.0. The van der Waals surface area contributed by atoms with Gasteiger partial charge in [-0.1, -0.05) is 140 Å². The smallest absolute Gasteiger partial charge is 0.164 e. The number of hydrogen-bond acceptors (Lipinski definition) is 5. The highest BCUT2D eigenvalue weighted by atomic mass is 16.3. The molecule has 0 N–H and O–H groups in total. The summed E-state index contributed by atoms with van der Waals surface area (Å²) in [5, 5.41) is 8.76. The van der Waals surface area contributed by atoms with E-state index in [1.54, 1.807) is 0 Å². The van der Waals surface area contributed by atoms with Crippen LogP contribution in [-0.4, -0.2) is 142 Å². The lowest BCUT2D eigenvalue weighted by molar-refractivity contribution is 0.668. The van der Waals surface area contributed by atoms with Crippen LogP contribution in [0, 0.1) is 0 Å². The molecule has 0 saturated carbocycles. The highest BCUT2D eigenvalue weighted by Gasteiger charge is 2.26. The van der Waals surface area contributed by atoms with Crippen LogP contribution in [0.2, 0.25) is 0 Å². The summed E-state index contributed by atoms with van der Waals surface area (Å²) >= 11 is 0. The van der Waals surface area contributed by atoms with Crippen molar-refractivity contribution in [2.24, 2.45) is 0 Å². The standard InChI is InChI=1S/C69H56B15N5O2/c70-50-49(51(71)53(73)54(74)52(50)72)69-86-67(33-9-5-13-45-47(33)37-25-29(17-21-43(37)90-45)27-15-19-41-35(23-27)31-7-1-3-11-39(31)88(41)65-61(81)57(77)55(75)58(78)62(65)82)85-68(87-69)34-10-6-14-46-48(34)38-26-30(18-22-44(38)91-46)28-16-20-42-36(24-28)32-8-2-4-12-40(32)89(42)66-63(83)59(79)56(76)60(80)64(66)84/h1-26H,70-84H2. The van der Waals surface area contributed by atoms with E-state index in [1.807, 2.05) is 0 Å². The molecule has 11 aromatic carbocycles. The quantitative estimate of drug-likeness (QED) is 0.149. The molecule has 0 atom stereocenters. The Labute approximate surface area is 542 Å². The molecule has 0 spiro atoms. The molecule has 0 aliphatic carbocycles. The Kier molecular flexibility index (Phi) is 13.0. The molecule has 0 radical (unpaired) electrons. The van der Waals surface area contributed by atoms with E-state index < -0.39 is 0 Å². The molecule has 414 valence electrons. The second-order valence-corrected chi connectivity index (χ2v) is 25.9. The van der Waals surface area contributed by atoms with Crippen LogP contribution in [0.25, 0.3) is 155 Å². The van der Waals surface area contributed by atoms with E-state index in [1.165, 1.54) is 126 Å². The Morgan fingerprint density at radius 3 is 0.967 bits per heavy atom. The van der Waals surface area contributed by atoms with Gasteiger partial charge < -0.3 is 18.0 Å². The fourth-order valence-electron chi connectivity index (χ4n) is 15.4. The highest BCUT2D eigenvalue weighted by molar-refractivity contribution is 6.71. The van der Waals surface area contributed by atoms with Crippen LogP contribution in [0.15, 0.2) is 167 Å². The zero-order valence-electron chi connectivity index (χ0n) is 54.6. The molecule has 0 unspecified atom stereocenters. The number of benzene rings is 11. The minimum Gasteiger partial charge on any atom is -0.456 e. The average Bonchev–Trinajstić information content (AvgIpc) is 1.68. The fourth-order valence-corrected chi connectivity index (χ4v) is 15.4. The largest absolute Gasteiger partial charge is 0.456 e. The predicted octanol–water partition coefficient (Wildman–Crippen LogP) is -7.92. The van der Waals surface area contributed by atoms with Gasteiger partial charge in [0.15, 0.2) is 17.5 Å². The zero-order valence-corrected chi connectivity index (χ0v) is 54.6. The lowest BCUT2D eigenvalue weighted by atomic mass is 9.60.